The van der Waals surface area contributed by atoms with Crippen LogP contribution in [0.25, 0.3) is 0 Å². The maximum absolute atomic E-state index is 4.62. The van der Waals surface area contributed by atoms with Gasteiger partial charge in [-0.25, -0.2) is 4.98 Å². The summed E-state index contributed by atoms with van der Waals surface area (Å²) in [5, 5.41) is 0. The fourth-order valence-corrected chi connectivity index (χ4v) is 3.10. The number of benzene rings is 1. The van der Waals surface area contributed by atoms with E-state index >= 15 is 0 Å². The number of hydrogen-bond donors (Lipinski definition) is 0. The number of fused-ring (bicyclic) bond motifs is 1. The Hall–Kier alpha value is -2.03. The predicted molar refractivity (Wildman–Crippen MR) is 84.5 cm³/mol. The van der Waals surface area contributed by atoms with E-state index in [1.54, 1.807) is 0 Å². The van der Waals surface area contributed by atoms with Gasteiger partial charge in [-0.15, -0.1) is 0 Å². The molecule has 2 heterocycles. The third kappa shape index (κ3) is 1.94. The molecule has 104 valence electrons. The number of pyridine rings is 1. The molecule has 0 saturated heterocycles. The molecule has 1 aromatic carbocycles. The number of nitrogens with zero attached hydrogens (tertiary/aromatic N) is 3. The van der Waals surface area contributed by atoms with Crippen molar-refractivity contribution in [3.05, 3.63) is 48.7 Å². The topological polar surface area (TPSA) is 19.4 Å². The fourth-order valence-electron chi connectivity index (χ4n) is 3.10. The molecule has 1 aromatic heterocycles. The minimum atomic E-state index is 0.0563. The van der Waals surface area contributed by atoms with Gasteiger partial charge in [0.05, 0.1) is 5.69 Å². The van der Waals surface area contributed by atoms with E-state index < -0.39 is 0 Å². The molecule has 0 fully saturated rings. The maximum atomic E-state index is 4.62. The van der Waals surface area contributed by atoms with Gasteiger partial charge in [0.2, 0.25) is 0 Å². The first-order chi connectivity index (χ1) is 9.50. The summed E-state index contributed by atoms with van der Waals surface area (Å²) >= 11 is 0. The summed E-state index contributed by atoms with van der Waals surface area (Å²) in [6.07, 6.45) is 2.12. The summed E-state index contributed by atoms with van der Waals surface area (Å²) in [5.41, 5.74) is 2.45. The van der Waals surface area contributed by atoms with Crippen LogP contribution >= 0.6 is 0 Å². The van der Waals surface area contributed by atoms with Crippen molar-refractivity contribution in [2.45, 2.75) is 39.4 Å². The Kier molecular flexibility index (Phi) is 2.93. The molecule has 1 aliphatic rings. The number of hydrogen-bond acceptors (Lipinski definition) is 3. The molecule has 1 aliphatic heterocycles. The number of anilines is 3. The van der Waals surface area contributed by atoms with Crippen LogP contribution in [-0.2, 0) is 0 Å². The maximum Gasteiger partial charge on any atom is 0.158 e. The van der Waals surface area contributed by atoms with Gasteiger partial charge in [0.15, 0.2) is 5.82 Å². The first-order valence-electron chi connectivity index (χ1n) is 7.09. The molecule has 1 atom stereocenters. The predicted octanol–water partition coefficient (Wildman–Crippen LogP) is 4.18. The van der Waals surface area contributed by atoms with Crippen molar-refractivity contribution in [1.82, 2.24) is 4.98 Å². The lowest BCUT2D eigenvalue weighted by Crippen LogP contribution is -2.49. The summed E-state index contributed by atoms with van der Waals surface area (Å²) in [6.45, 7) is 8.97. The Balaban J connectivity index is 2.14. The summed E-state index contributed by atoms with van der Waals surface area (Å²) in [4.78, 5) is 9.35. The molecule has 0 N–H and O–H groups in total. The summed E-state index contributed by atoms with van der Waals surface area (Å²) in [5.74, 6) is 1.04. The third-order valence-electron chi connectivity index (χ3n) is 3.76. The van der Waals surface area contributed by atoms with Crippen molar-refractivity contribution in [3.8, 4) is 0 Å². The first kappa shape index (κ1) is 13.0. The van der Waals surface area contributed by atoms with Crippen molar-refractivity contribution < 1.29 is 0 Å². The smallest absolute Gasteiger partial charge is 0.158 e. The molecule has 3 rings (SSSR count). The van der Waals surface area contributed by atoms with E-state index in [2.05, 4.69) is 72.8 Å². The van der Waals surface area contributed by atoms with Gasteiger partial charge in [0.1, 0.15) is 6.17 Å². The third-order valence-corrected chi connectivity index (χ3v) is 3.76. The van der Waals surface area contributed by atoms with E-state index in [0.717, 1.165) is 5.82 Å². The molecular weight excluding hydrogens is 246 g/mol. The molecule has 0 aliphatic carbocycles. The second kappa shape index (κ2) is 4.51. The Morgan fingerprint density at radius 2 is 1.70 bits per heavy atom. The zero-order valence-electron chi connectivity index (χ0n) is 12.5. The van der Waals surface area contributed by atoms with Crippen molar-refractivity contribution in [2.24, 2.45) is 0 Å². The average Bonchev–Trinajstić information content (AvgIpc) is 2.71. The van der Waals surface area contributed by atoms with Gasteiger partial charge in [-0.1, -0.05) is 18.2 Å². The van der Waals surface area contributed by atoms with Crippen LogP contribution in [0.3, 0.4) is 0 Å². The van der Waals surface area contributed by atoms with E-state index in [-0.39, 0.29) is 11.7 Å². The van der Waals surface area contributed by atoms with E-state index in [1.807, 2.05) is 18.3 Å². The molecule has 3 heteroatoms. The molecule has 2 aromatic rings. The second-order valence-corrected chi connectivity index (χ2v) is 6.22. The summed E-state index contributed by atoms with van der Waals surface area (Å²) < 4.78 is 0. The highest BCUT2D eigenvalue weighted by Crippen LogP contribution is 2.45. The van der Waals surface area contributed by atoms with E-state index in [9.17, 15) is 0 Å². The fraction of sp³-hybridized carbons (Fsp3) is 0.353. The SMILES string of the molecule is C[C@H]1N(c2ccccc2)c2ncccc2N1C(C)(C)C. The molecular formula is C17H21N3. The van der Waals surface area contributed by atoms with E-state index in [0.29, 0.717) is 0 Å². The first-order valence-corrected chi connectivity index (χ1v) is 7.09. The zero-order chi connectivity index (χ0) is 14.3. The zero-order valence-corrected chi connectivity index (χ0v) is 12.5. The van der Waals surface area contributed by atoms with Crippen molar-refractivity contribution in [3.63, 3.8) is 0 Å². The van der Waals surface area contributed by atoms with Gasteiger partial charge in [-0.05, 0) is 52.0 Å². The highest BCUT2D eigenvalue weighted by molar-refractivity contribution is 5.81. The molecule has 0 radical (unpaired) electrons. The molecule has 0 spiro atoms. The number of para-hydroxylation sites is 1. The normalized spacial score (nSPS) is 18.3. The van der Waals surface area contributed by atoms with Gasteiger partial charge < -0.3 is 9.80 Å². The minimum Gasteiger partial charge on any atom is -0.343 e. The van der Waals surface area contributed by atoms with Gasteiger partial charge in [0.25, 0.3) is 0 Å². The lowest BCUT2D eigenvalue weighted by Gasteiger charge is -2.39. The van der Waals surface area contributed by atoms with Gasteiger partial charge >= 0.3 is 0 Å². The highest BCUT2D eigenvalue weighted by Gasteiger charge is 2.40. The lowest BCUT2D eigenvalue weighted by atomic mass is 10.1. The van der Waals surface area contributed by atoms with Crippen LogP contribution in [0.5, 0.6) is 0 Å². The Morgan fingerprint density at radius 1 is 1.00 bits per heavy atom. The van der Waals surface area contributed by atoms with Crippen LogP contribution in [0.2, 0.25) is 0 Å². The van der Waals surface area contributed by atoms with Gasteiger partial charge in [-0.2, -0.15) is 0 Å². The quantitative estimate of drug-likeness (QED) is 0.772. The van der Waals surface area contributed by atoms with E-state index in [4.69, 9.17) is 0 Å². The van der Waals surface area contributed by atoms with Crippen molar-refractivity contribution in [2.75, 3.05) is 9.80 Å². The largest absolute Gasteiger partial charge is 0.343 e. The molecule has 20 heavy (non-hydrogen) atoms. The van der Waals surface area contributed by atoms with Crippen LogP contribution < -0.4 is 9.80 Å². The van der Waals surface area contributed by atoms with Crippen LogP contribution in [0.1, 0.15) is 27.7 Å². The van der Waals surface area contributed by atoms with Crippen molar-refractivity contribution >= 4 is 17.2 Å². The van der Waals surface area contributed by atoms with Crippen LogP contribution in [0.4, 0.5) is 17.2 Å². The van der Waals surface area contributed by atoms with Crippen LogP contribution in [-0.4, -0.2) is 16.7 Å². The second-order valence-electron chi connectivity index (χ2n) is 6.22. The Labute approximate surface area is 120 Å². The highest BCUT2D eigenvalue weighted by atomic mass is 15.5. The Bertz CT molecular complexity index is 601. The standard InChI is InChI=1S/C17H21N3/c1-13-19(14-9-6-5-7-10-14)16-15(11-8-12-18-16)20(13)17(2,3)4/h5-13H,1-4H3/t13-/m0/s1. The van der Waals surface area contributed by atoms with Crippen LogP contribution in [0, 0.1) is 0 Å². The van der Waals surface area contributed by atoms with Gasteiger partial charge in [-0.3, -0.25) is 0 Å². The monoisotopic (exact) mass is 267 g/mol. The number of rotatable bonds is 1. The van der Waals surface area contributed by atoms with Crippen molar-refractivity contribution in [1.29, 1.82) is 0 Å². The summed E-state index contributed by atoms with van der Waals surface area (Å²) in [7, 11) is 0. The molecule has 3 nitrogen and oxygen atoms in total. The lowest BCUT2D eigenvalue weighted by molar-refractivity contribution is 0.468. The number of aromatic nitrogens is 1. The summed E-state index contributed by atoms with van der Waals surface area (Å²) in [6, 6.07) is 14.6. The average molecular weight is 267 g/mol. The molecule has 0 amide bonds. The van der Waals surface area contributed by atoms with Crippen LogP contribution in [0.15, 0.2) is 48.7 Å². The van der Waals surface area contributed by atoms with Gasteiger partial charge in [0, 0.05) is 17.4 Å². The molecule has 0 saturated carbocycles. The molecule has 0 bridgehead atoms. The minimum absolute atomic E-state index is 0.0563. The molecule has 0 unspecified atom stereocenters. The Morgan fingerprint density at radius 3 is 2.35 bits per heavy atom. The van der Waals surface area contributed by atoms with E-state index in [1.165, 1.54) is 11.4 Å².